The molecule has 5 rings (SSSR count). The van der Waals surface area contributed by atoms with Gasteiger partial charge in [-0.05, 0) is 31.5 Å². The second kappa shape index (κ2) is 8.47. The minimum absolute atomic E-state index is 0.0180. The van der Waals surface area contributed by atoms with Gasteiger partial charge < -0.3 is 15.2 Å². The minimum Gasteiger partial charge on any atom is -0.378 e. The second-order valence-electron chi connectivity index (χ2n) is 9.11. The van der Waals surface area contributed by atoms with E-state index < -0.39 is 57.4 Å². The van der Waals surface area contributed by atoms with E-state index in [1.807, 2.05) is 0 Å². The molecule has 2 aromatic rings. The molecule has 0 amide bonds. The zero-order valence-electron chi connectivity index (χ0n) is 18.5. The van der Waals surface area contributed by atoms with Crippen LogP contribution in [0.4, 0.5) is 22.0 Å². The standard InChI is InChI=1S/C21H23F5N4O4S/c1-10-14-6-29(7-17(14)28-30(10)35(31,32)12-8-33-9-12)18-5-16(27)19(34-20(18)21(24,25)26)13-4-11(22)2-3-15(13)23/h2-4,12,16,18-20H,5-9,27H2,1H3/t16-,18+,19+,20-/m0/s1. The molecule has 0 bridgehead atoms. The Morgan fingerprint density at radius 1 is 1.17 bits per heavy atom. The fourth-order valence-electron chi connectivity index (χ4n) is 4.91. The Kier molecular flexibility index (Phi) is 5.95. The molecule has 2 saturated heterocycles. The van der Waals surface area contributed by atoms with Crippen molar-refractivity contribution in [3.05, 3.63) is 52.3 Å². The molecule has 0 spiro atoms. The van der Waals surface area contributed by atoms with Gasteiger partial charge in [-0.2, -0.15) is 22.4 Å². The fraction of sp³-hybridized carbons (Fsp3) is 0.571. The molecule has 0 radical (unpaired) electrons. The molecule has 2 fully saturated rings. The highest BCUT2D eigenvalue weighted by molar-refractivity contribution is 7.90. The third-order valence-electron chi connectivity index (χ3n) is 6.87. The molecule has 3 aliphatic rings. The van der Waals surface area contributed by atoms with Crippen molar-refractivity contribution in [2.24, 2.45) is 5.73 Å². The lowest BCUT2D eigenvalue weighted by atomic mass is 9.89. The molecule has 4 atom stereocenters. The highest BCUT2D eigenvalue weighted by Gasteiger charge is 2.54. The van der Waals surface area contributed by atoms with Crippen molar-refractivity contribution < 1.29 is 39.8 Å². The summed E-state index contributed by atoms with van der Waals surface area (Å²) in [5.74, 6) is -1.72. The van der Waals surface area contributed by atoms with Crippen LogP contribution in [0.2, 0.25) is 0 Å². The van der Waals surface area contributed by atoms with Gasteiger partial charge in [0.2, 0.25) is 0 Å². The van der Waals surface area contributed by atoms with Crippen LogP contribution in [0.1, 0.15) is 35.0 Å². The molecule has 8 nitrogen and oxygen atoms in total. The number of benzene rings is 1. The van der Waals surface area contributed by atoms with Crippen molar-refractivity contribution in [2.75, 3.05) is 13.2 Å². The lowest BCUT2D eigenvalue weighted by Gasteiger charge is -2.44. The van der Waals surface area contributed by atoms with Crippen molar-refractivity contribution in [1.29, 1.82) is 0 Å². The van der Waals surface area contributed by atoms with E-state index in [0.717, 1.165) is 22.3 Å². The summed E-state index contributed by atoms with van der Waals surface area (Å²) in [7, 11) is -3.77. The number of hydrogen-bond donors (Lipinski definition) is 1. The summed E-state index contributed by atoms with van der Waals surface area (Å²) >= 11 is 0. The molecule has 192 valence electrons. The van der Waals surface area contributed by atoms with Crippen LogP contribution >= 0.6 is 0 Å². The molecular formula is C21H23F5N4O4S. The van der Waals surface area contributed by atoms with Crippen molar-refractivity contribution in [2.45, 2.75) is 62.2 Å². The fourth-order valence-corrected chi connectivity index (χ4v) is 6.43. The Balaban J connectivity index is 1.40. The van der Waals surface area contributed by atoms with Gasteiger partial charge in [0.1, 0.15) is 23.0 Å². The van der Waals surface area contributed by atoms with Gasteiger partial charge in [-0.15, -0.1) is 0 Å². The topological polar surface area (TPSA) is 99.7 Å². The van der Waals surface area contributed by atoms with E-state index in [0.29, 0.717) is 17.0 Å². The number of nitrogens with zero attached hydrogens (tertiary/aromatic N) is 3. The average Bonchev–Trinajstić information content (AvgIpc) is 3.27. The van der Waals surface area contributed by atoms with Crippen LogP contribution in [-0.4, -0.2) is 65.3 Å². The Hall–Kier alpha value is -2.13. The molecule has 3 aliphatic heterocycles. The first-order valence-electron chi connectivity index (χ1n) is 10.9. The molecule has 35 heavy (non-hydrogen) atoms. The smallest absolute Gasteiger partial charge is 0.378 e. The van der Waals surface area contributed by atoms with Crippen molar-refractivity contribution in [1.82, 2.24) is 14.1 Å². The van der Waals surface area contributed by atoms with E-state index >= 15 is 0 Å². The average molecular weight is 522 g/mol. The molecule has 1 aromatic carbocycles. The Morgan fingerprint density at radius 3 is 2.49 bits per heavy atom. The molecular weight excluding hydrogens is 499 g/mol. The van der Waals surface area contributed by atoms with Gasteiger partial charge in [-0.25, -0.2) is 17.2 Å². The van der Waals surface area contributed by atoms with Crippen LogP contribution in [0.3, 0.4) is 0 Å². The summed E-state index contributed by atoms with van der Waals surface area (Å²) in [6.45, 7) is 1.67. The molecule has 14 heteroatoms. The zero-order valence-corrected chi connectivity index (χ0v) is 19.3. The monoisotopic (exact) mass is 522 g/mol. The van der Waals surface area contributed by atoms with Gasteiger partial charge in [-0.3, -0.25) is 4.90 Å². The second-order valence-corrected chi connectivity index (χ2v) is 11.2. The summed E-state index contributed by atoms with van der Waals surface area (Å²) in [5, 5.41) is 3.48. The summed E-state index contributed by atoms with van der Waals surface area (Å²) in [4.78, 5) is 1.49. The summed E-state index contributed by atoms with van der Waals surface area (Å²) in [6, 6.07) is 0.205. The van der Waals surface area contributed by atoms with Crippen LogP contribution < -0.4 is 5.73 Å². The van der Waals surface area contributed by atoms with Crippen LogP contribution in [-0.2, 0) is 32.6 Å². The van der Waals surface area contributed by atoms with E-state index in [4.69, 9.17) is 15.2 Å². The molecule has 0 unspecified atom stereocenters. The van der Waals surface area contributed by atoms with E-state index in [9.17, 15) is 30.4 Å². The van der Waals surface area contributed by atoms with Crippen molar-refractivity contribution >= 4 is 10.0 Å². The quantitative estimate of drug-likeness (QED) is 0.615. The van der Waals surface area contributed by atoms with E-state index in [1.165, 1.54) is 4.90 Å². The molecule has 4 heterocycles. The number of alkyl halides is 3. The SMILES string of the molecule is Cc1c2c(nn1S(=O)(=O)C1COC1)CN([C@@H]1C[C@H](N)[C@@H](c3cc(F)ccc3F)O[C@@H]1C(F)(F)F)C2. The zero-order chi connectivity index (χ0) is 25.3. The lowest BCUT2D eigenvalue weighted by Crippen LogP contribution is -2.58. The first-order valence-corrected chi connectivity index (χ1v) is 12.4. The van der Waals surface area contributed by atoms with Gasteiger partial charge >= 0.3 is 6.18 Å². The predicted octanol–water partition coefficient (Wildman–Crippen LogP) is 2.15. The number of rotatable bonds is 4. The van der Waals surface area contributed by atoms with Crippen LogP contribution in [0.25, 0.3) is 0 Å². The van der Waals surface area contributed by atoms with Crippen molar-refractivity contribution in [3.63, 3.8) is 0 Å². The van der Waals surface area contributed by atoms with Crippen LogP contribution in [0.5, 0.6) is 0 Å². The van der Waals surface area contributed by atoms with Gasteiger partial charge in [0.15, 0.2) is 6.10 Å². The first-order chi connectivity index (χ1) is 16.4. The van der Waals surface area contributed by atoms with Gasteiger partial charge in [-0.1, -0.05) is 0 Å². The maximum atomic E-state index is 14.3. The maximum Gasteiger partial charge on any atom is 0.416 e. The Labute approximate surface area is 197 Å². The predicted molar refractivity (Wildman–Crippen MR) is 112 cm³/mol. The van der Waals surface area contributed by atoms with Gasteiger partial charge in [0, 0.05) is 36.3 Å². The van der Waals surface area contributed by atoms with E-state index in [2.05, 4.69) is 5.10 Å². The number of aromatic nitrogens is 2. The number of halogens is 5. The normalized spacial score (nSPS) is 28.2. The van der Waals surface area contributed by atoms with E-state index in [-0.39, 0.29) is 38.3 Å². The van der Waals surface area contributed by atoms with Crippen LogP contribution in [0.15, 0.2) is 18.2 Å². The summed E-state index contributed by atoms with van der Waals surface area (Å²) in [6.07, 6.45) is -8.82. The summed E-state index contributed by atoms with van der Waals surface area (Å²) in [5.41, 5.74) is 6.97. The van der Waals surface area contributed by atoms with Crippen LogP contribution in [0, 0.1) is 18.6 Å². The molecule has 1 aromatic heterocycles. The highest BCUT2D eigenvalue weighted by Crippen LogP contribution is 2.43. The number of hydrogen-bond acceptors (Lipinski definition) is 7. The number of fused-ring (bicyclic) bond motifs is 1. The highest BCUT2D eigenvalue weighted by atomic mass is 32.2. The van der Waals surface area contributed by atoms with Gasteiger partial charge in [0.05, 0.1) is 24.6 Å². The summed E-state index contributed by atoms with van der Waals surface area (Å²) < 4.78 is 107. The Morgan fingerprint density at radius 2 is 1.89 bits per heavy atom. The minimum atomic E-state index is -4.81. The maximum absolute atomic E-state index is 14.3. The third-order valence-corrected chi connectivity index (χ3v) is 8.82. The third kappa shape index (κ3) is 4.14. The van der Waals surface area contributed by atoms with E-state index in [1.54, 1.807) is 6.92 Å². The van der Waals surface area contributed by atoms with Crippen molar-refractivity contribution in [3.8, 4) is 0 Å². The first kappa shape index (κ1) is 24.6. The molecule has 0 aliphatic carbocycles. The number of nitrogens with two attached hydrogens (primary N) is 1. The number of ether oxygens (including phenoxy) is 2. The molecule has 2 N–H and O–H groups in total. The largest absolute Gasteiger partial charge is 0.416 e. The molecule has 0 saturated carbocycles. The van der Waals surface area contributed by atoms with Gasteiger partial charge in [0.25, 0.3) is 10.0 Å². The lowest BCUT2D eigenvalue weighted by molar-refractivity contribution is -0.269. The Bertz CT molecular complexity index is 1250.